The molecule has 16 heavy (non-hydrogen) atoms. The van der Waals surface area contributed by atoms with Gasteiger partial charge in [0, 0.05) is 5.69 Å². The molecule has 0 aliphatic rings. The van der Waals surface area contributed by atoms with Crippen LogP contribution in [-0.2, 0) is 0 Å². The molecule has 1 nitrogen and oxygen atoms in total. The number of hydrogen-bond donors (Lipinski definition) is 1. The number of hydrogen-bond acceptors (Lipinski definition) is 1. The van der Waals surface area contributed by atoms with E-state index in [9.17, 15) is 0 Å². The van der Waals surface area contributed by atoms with E-state index in [4.69, 9.17) is 0 Å². The summed E-state index contributed by atoms with van der Waals surface area (Å²) in [7, 11) is 0.00129. The maximum absolute atomic E-state index is 3.71. The van der Waals surface area contributed by atoms with Gasteiger partial charge in [-0.1, -0.05) is 44.9 Å². The van der Waals surface area contributed by atoms with Crippen LogP contribution in [0.25, 0.3) is 0 Å². The van der Waals surface area contributed by atoms with Crippen LogP contribution in [0.2, 0.25) is 0 Å². The first-order valence-corrected chi connectivity index (χ1v) is 8.14. The Bertz CT molecular complexity index is 253. The molecule has 1 aromatic carbocycles. The van der Waals surface area contributed by atoms with Gasteiger partial charge in [0.1, 0.15) is 0 Å². The minimum Gasteiger partial charge on any atom is -0.364 e. The quantitative estimate of drug-likeness (QED) is 0.620. The van der Waals surface area contributed by atoms with Crippen molar-refractivity contribution in [1.82, 2.24) is 0 Å². The Balaban J connectivity index is 2.42. The molecule has 1 aromatic rings. The van der Waals surface area contributed by atoms with E-state index < -0.39 is 0 Å². The highest BCUT2D eigenvalue weighted by Gasteiger charge is 2.06. The van der Waals surface area contributed by atoms with Crippen molar-refractivity contribution >= 4 is 13.8 Å². The van der Waals surface area contributed by atoms with Crippen molar-refractivity contribution < 1.29 is 0 Å². The van der Waals surface area contributed by atoms with Gasteiger partial charge in [0.15, 0.2) is 0 Å². The third-order valence-corrected chi connectivity index (χ3v) is 4.91. The maximum Gasteiger partial charge on any atom is 0.0372 e. The SMILES string of the molecule is CCCCP(CCCC)Nc1ccccc1. The summed E-state index contributed by atoms with van der Waals surface area (Å²) in [6.45, 7) is 4.55. The third-order valence-electron chi connectivity index (χ3n) is 2.62. The fraction of sp³-hybridized carbons (Fsp3) is 0.571. The summed E-state index contributed by atoms with van der Waals surface area (Å²) in [6.07, 6.45) is 8.05. The van der Waals surface area contributed by atoms with E-state index in [0.717, 1.165) is 0 Å². The molecule has 1 rings (SSSR count). The number of anilines is 1. The van der Waals surface area contributed by atoms with Crippen LogP contribution >= 0.6 is 8.07 Å². The van der Waals surface area contributed by atoms with E-state index in [-0.39, 0.29) is 8.07 Å². The monoisotopic (exact) mass is 237 g/mol. The van der Waals surface area contributed by atoms with Gasteiger partial charge in [-0.25, -0.2) is 0 Å². The zero-order valence-corrected chi connectivity index (χ0v) is 11.5. The Hall–Kier alpha value is -0.550. The van der Waals surface area contributed by atoms with Gasteiger partial charge in [-0.05, 0) is 45.4 Å². The highest BCUT2D eigenvalue weighted by Crippen LogP contribution is 2.38. The molecule has 0 aliphatic carbocycles. The fourth-order valence-electron chi connectivity index (χ4n) is 1.62. The van der Waals surface area contributed by atoms with Gasteiger partial charge in [0.25, 0.3) is 0 Å². The maximum atomic E-state index is 3.71. The summed E-state index contributed by atoms with van der Waals surface area (Å²) in [5.74, 6) is 0. The molecule has 0 saturated carbocycles. The van der Waals surface area contributed by atoms with Crippen molar-refractivity contribution in [2.75, 3.05) is 17.4 Å². The third kappa shape index (κ3) is 5.51. The summed E-state index contributed by atoms with van der Waals surface area (Å²) in [4.78, 5) is 0. The molecule has 0 radical (unpaired) electrons. The lowest BCUT2D eigenvalue weighted by molar-refractivity contribution is 0.869. The normalized spacial score (nSPS) is 10.7. The minimum atomic E-state index is 0.00129. The van der Waals surface area contributed by atoms with E-state index >= 15 is 0 Å². The smallest absolute Gasteiger partial charge is 0.0372 e. The second-order valence-corrected chi connectivity index (χ2v) is 6.37. The molecule has 0 aliphatic heterocycles. The average molecular weight is 237 g/mol. The van der Waals surface area contributed by atoms with Gasteiger partial charge in [-0.15, -0.1) is 0 Å². The van der Waals surface area contributed by atoms with E-state index in [2.05, 4.69) is 49.3 Å². The minimum absolute atomic E-state index is 0.00129. The van der Waals surface area contributed by atoms with Crippen molar-refractivity contribution in [2.45, 2.75) is 39.5 Å². The van der Waals surface area contributed by atoms with Crippen LogP contribution < -0.4 is 5.09 Å². The highest BCUT2D eigenvalue weighted by molar-refractivity contribution is 7.59. The molecule has 1 N–H and O–H groups in total. The number of unbranched alkanes of at least 4 members (excludes halogenated alkanes) is 2. The molecule has 0 bridgehead atoms. The van der Waals surface area contributed by atoms with Gasteiger partial charge in [0.05, 0.1) is 0 Å². The molecule has 0 heterocycles. The lowest BCUT2D eigenvalue weighted by Gasteiger charge is -2.19. The number of rotatable bonds is 8. The van der Waals surface area contributed by atoms with E-state index in [1.54, 1.807) is 0 Å². The molecule has 0 unspecified atom stereocenters. The van der Waals surface area contributed by atoms with Gasteiger partial charge < -0.3 is 5.09 Å². The van der Waals surface area contributed by atoms with Gasteiger partial charge in [-0.2, -0.15) is 0 Å². The van der Waals surface area contributed by atoms with Gasteiger partial charge >= 0.3 is 0 Å². The van der Waals surface area contributed by atoms with Crippen LogP contribution in [0.15, 0.2) is 30.3 Å². The summed E-state index contributed by atoms with van der Waals surface area (Å²) in [6, 6.07) is 10.6. The van der Waals surface area contributed by atoms with Crippen LogP contribution in [0.1, 0.15) is 39.5 Å². The summed E-state index contributed by atoms with van der Waals surface area (Å²) in [5.41, 5.74) is 1.29. The Morgan fingerprint density at radius 2 is 1.50 bits per heavy atom. The van der Waals surface area contributed by atoms with Crippen molar-refractivity contribution in [1.29, 1.82) is 0 Å². The van der Waals surface area contributed by atoms with Crippen LogP contribution in [0, 0.1) is 0 Å². The number of para-hydroxylation sites is 1. The molecular weight excluding hydrogens is 213 g/mol. The first kappa shape index (κ1) is 13.5. The molecule has 0 saturated heterocycles. The predicted octanol–water partition coefficient (Wildman–Crippen LogP) is 5.10. The molecule has 90 valence electrons. The molecule has 0 fully saturated rings. The van der Waals surface area contributed by atoms with E-state index in [1.807, 2.05) is 0 Å². The van der Waals surface area contributed by atoms with Crippen molar-refractivity contribution in [3.8, 4) is 0 Å². The lowest BCUT2D eigenvalue weighted by Crippen LogP contribution is -2.00. The summed E-state index contributed by atoms with van der Waals surface area (Å²) >= 11 is 0. The largest absolute Gasteiger partial charge is 0.364 e. The van der Waals surface area contributed by atoms with Gasteiger partial charge in [0.2, 0.25) is 0 Å². The Morgan fingerprint density at radius 3 is 2.00 bits per heavy atom. The fourth-order valence-corrected chi connectivity index (χ4v) is 3.97. The zero-order chi connectivity index (χ0) is 11.6. The van der Waals surface area contributed by atoms with Crippen LogP contribution in [0.3, 0.4) is 0 Å². The summed E-state index contributed by atoms with van der Waals surface area (Å²) < 4.78 is 0. The number of nitrogens with one attached hydrogen (secondary N) is 1. The van der Waals surface area contributed by atoms with Crippen LogP contribution in [0.4, 0.5) is 5.69 Å². The average Bonchev–Trinajstić information content (AvgIpc) is 2.34. The molecule has 0 amide bonds. The topological polar surface area (TPSA) is 12.0 Å². The Kier molecular flexibility index (Phi) is 7.25. The second kappa shape index (κ2) is 8.58. The standard InChI is InChI=1S/C14H24NP/c1-3-5-12-16(13-6-4-2)15-14-10-8-7-9-11-14/h7-11,15H,3-6,12-13H2,1-2H3. The predicted molar refractivity (Wildman–Crippen MR) is 76.5 cm³/mol. The van der Waals surface area contributed by atoms with E-state index in [0.29, 0.717) is 0 Å². The van der Waals surface area contributed by atoms with Gasteiger partial charge in [-0.3, -0.25) is 0 Å². The first-order chi connectivity index (χ1) is 7.86. The van der Waals surface area contributed by atoms with Crippen molar-refractivity contribution in [3.63, 3.8) is 0 Å². The molecule has 0 spiro atoms. The van der Waals surface area contributed by atoms with Crippen LogP contribution in [-0.4, -0.2) is 12.3 Å². The molecular formula is C14H24NP. The second-order valence-electron chi connectivity index (χ2n) is 4.17. The lowest BCUT2D eigenvalue weighted by atomic mass is 10.3. The Morgan fingerprint density at radius 1 is 0.938 bits per heavy atom. The highest BCUT2D eigenvalue weighted by atomic mass is 31.1. The summed E-state index contributed by atoms with van der Waals surface area (Å²) in [5, 5.41) is 3.71. The van der Waals surface area contributed by atoms with Crippen molar-refractivity contribution in [3.05, 3.63) is 30.3 Å². The van der Waals surface area contributed by atoms with E-state index in [1.165, 1.54) is 43.7 Å². The molecule has 2 heteroatoms. The number of benzene rings is 1. The first-order valence-electron chi connectivity index (χ1n) is 6.43. The molecule has 0 aromatic heterocycles. The Labute approximate surface area is 101 Å². The van der Waals surface area contributed by atoms with Crippen LogP contribution in [0.5, 0.6) is 0 Å². The van der Waals surface area contributed by atoms with Crippen molar-refractivity contribution in [2.24, 2.45) is 0 Å². The zero-order valence-electron chi connectivity index (χ0n) is 10.6. The molecule has 0 atom stereocenters.